The van der Waals surface area contributed by atoms with Crippen molar-refractivity contribution in [2.45, 2.75) is 38.4 Å². The molecule has 0 radical (unpaired) electrons. The predicted octanol–water partition coefficient (Wildman–Crippen LogP) is 4.35. The van der Waals surface area contributed by atoms with Gasteiger partial charge in [-0.3, -0.25) is 19.3 Å². The van der Waals surface area contributed by atoms with E-state index in [1.165, 1.54) is 0 Å². The minimum Gasteiger partial charge on any atom is -0.497 e. The molecule has 2 heterocycles. The third-order valence-electron chi connectivity index (χ3n) is 7.01. The summed E-state index contributed by atoms with van der Waals surface area (Å²) in [5.41, 5.74) is 3.37. The lowest BCUT2D eigenvalue weighted by Crippen LogP contribution is -2.37. The molecule has 1 N–H and O–H groups in total. The molecule has 0 spiro atoms. The molecule has 2 aliphatic rings. The third-order valence-corrected chi connectivity index (χ3v) is 7.47. The number of amides is 3. The number of hydrogen-bond acceptors (Lipinski definition) is 5. The Hall–Kier alpha value is -4.24. The van der Waals surface area contributed by atoms with Crippen LogP contribution in [0.15, 0.2) is 78.9 Å². The number of anilines is 2. The highest BCUT2D eigenvalue weighted by molar-refractivity contribution is 7.80. The van der Waals surface area contributed by atoms with Crippen LogP contribution in [0.5, 0.6) is 5.75 Å². The van der Waals surface area contributed by atoms with Gasteiger partial charge in [-0.25, -0.2) is 0 Å². The second kappa shape index (κ2) is 11.7. The molecule has 3 amide bonds. The van der Waals surface area contributed by atoms with Gasteiger partial charge in [-0.05, 0) is 66.2 Å². The van der Waals surface area contributed by atoms with Crippen molar-refractivity contribution in [3.05, 3.63) is 90.0 Å². The molecule has 3 aromatic carbocycles. The highest BCUT2D eigenvalue weighted by Gasteiger charge is 2.43. The first-order valence-electron chi connectivity index (χ1n) is 12.9. The Kier molecular flexibility index (Phi) is 7.88. The molecule has 0 aliphatic carbocycles. The van der Waals surface area contributed by atoms with E-state index in [0.29, 0.717) is 36.1 Å². The molecule has 39 heavy (non-hydrogen) atoms. The predicted molar refractivity (Wildman–Crippen MR) is 153 cm³/mol. The number of ether oxygens (including phenoxy) is 1. The Balaban J connectivity index is 1.34. The van der Waals surface area contributed by atoms with Crippen LogP contribution in [0.4, 0.5) is 11.4 Å². The Bertz CT molecular complexity index is 1360. The fraction of sp³-hybridized carbons (Fsp3) is 0.267. The van der Waals surface area contributed by atoms with E-state index in [1.807, 2.05) is 59.5 Å². The second-order valence-electron chi connectivity index (χ2n) is 9.63. The summed E-state index contributed by atoms with van der Waals surface area (Å²) in [5, 5.41) is 3.27. The molecular weight excluding hydrogens is 512 g/mol. The number of hydrogen-bond donors (Lipinski definition) is 1. The van der Waals surface area contributed by atoms with Gasteiger partial charge < -0.3 is 19.9 Å². The van der Waals surface area contributed by atoms with Crippen LogP contribution in [0.3, 0.4) is 0 Å². The molecule has 0 bridgehead atoms. The van der Waals surface area contributed by atoms with Gasteiger partial charge in [0.1, 0.15) is 11.8 Å². The zero-order valence-electron chi connectivity index (χ0n) is 21.7. The van der Waals surface area contributed by atoms with E-state index < -0.39 is 6.04 Å². The van der Waals surface area contributed by atoms with Crippen LogP contribution >= 0.6 is 12.2 Å². The fourth-order valence-corrected chi connectivity index (χ4v) is 5.29. The van der Waals surface area contributed by atoms with E-state index >= 15 is 0 Å². The molecule has 0 aromatic heterocycles. The van der Waals surface area contributed by atoms with Gasteiger partial charge in [0.05, 0.1) is 20.1 Å². The molecule has 2 fully saturated rings. The summed E-state index contributed by atoms with van der Waals surface area (Å²) in [6, 6.07) is 23.7. The molecule has 5 rings (SSSR count). The van der Waals surface area contributed by atoms with Crippen molar-refractivity contribution < 1.29 is 19.1 Å². The lowest BCUT2D eigenvalue weighted by atomic mass is 10.1. The highest BCUT2D eigenvalue weighted by atomic mass is 32.1. The number of benzene rings is 3. The first kappa shape index (κ1) is 26.4. The minimum atomic E-state index is -0.737. The van der Waals surface area contributed by atoms with Gasteiger partial charge in [0, 0.05) is 30.9 Å². The van der Waals surface area contributed by atoms with Crippen molar-refractivity contribution in [1.82, 2.24) is 9.80 Å². The summed E-state index contributed by atoms with van der Waals surface area (Å²) >= 11 is 5.79. The maximum atomic E-state index is 13.6. The van der Waals surface area contributed by atoms with Crippen LogP contribution < -0.4 is 15.0 Å². The topological polar surface area (TPSA) is 82.2 Å². The Morgan fingerprint density at radius 1 is 0.949 bits per heavy atom. The molecule has 2 aliphatic heterocycles. The Morgan fingerprint density at radius 3 is 2.28 bits per heavy atom. The first-order valence-corrected chi connectivity index (χ1v) is 13.3. The fourth-order valence-electron chi connectivity index (χ4n) is 4.94. The number of thiocarbonyl (C=S) groups is 1. The van der Waals surface area contributed by atoms with Gasteiger partial charge in [-0.1, -0.05) is 42.5 Å². The highest BCUT2D eigenvalue weighted by Crippen LogP contribution is 2.27. The van der Waals surface area contributed by atoms with Gasteiger partial charge in [0.15, 0.2) is 5.11 Å². The van der Waals surface area contributed by atoms with Crippen molar-refractivity contribution in [3.8, 4) is 5.75 Å². The molecule has 3 aromatic rings. The monoisotopic (exact) mass is 542 g/mol. The zero-order chi connectivity index (χ0) is 27.4. The largest absolute Gasteiger partial charge is 0.497 e. The average molecular weight is 543 g/mol. The quantitative estimate of drug-likeness (QED) is 0.405. The van der Waals surface area contributed by atoms with Crippen LogP contribution in [0, 0.1) is 0 Å². The van der Waals surface area contributed by atoms with E-state index in [4.69, 9.17) is 17.0 Å². The number of nitrogens with one attached hydrogen (secondary N) is 1. The standard InChI is InChI=1S/C30H30N4O4S/c1-38-25-15-11-23(12-16-25)31-27(35)18-26-29(37)34(20-21-6-3-2-4-7-21)30(39)33(26)19-22-9-13-24(14-10-22)32-17-5-8-28(32)36/h2-4,6-7,9-16,26H,5,8,17-20H2,1H3,(H,31,35)/t26-/m0/s1. The molecule has 2 saturated heterocycles. The van der Waals surface area contributed by atoms with Crippen LogP contribution in [0.25, 0.3) is 0 Å². The average Bonchev–Trinajstić information content (AvgIpc) is 3.47. The van der Waals surface area contributed by atoms with E-state index in [0.717, 1.165) is 29.8 Å². The number of methoxy groups -OCH3 is 1. The van der Waals surface area contributed by atoms with Gasteiger partial charge >= 0.3 is 0 Å². The minimum absolute atomic E-state index is 0.0450. The Labute approximate surface area is 233 Å². The van der Waals surface area contributed by atoms with Crippen LogP contribution in [-0.4, -0.2) is 52.3 Å². The second-order valence-corrected chi connectivity index (χ2v) is 10.00. The smallest absolute Gasteiger partial charge is 0.252 e. The molecule has 9 heteroatoms. The van der Waals surface area contributed by atoms with Crippen LogP contribution in [-0.2, 0) is 27.5 Å². The summed E-state index contributed by atoms with van der Waals surface area (Å²) in [6.45, 7) is 1.43. The van der Waals surface area contributed by atoms with Crippen molar-refractivity contribution in [1.29, 1.82) is 0 Å². The summed E-state index contributed by atoms with van der Waals surface area (Å²) in [5.74, 6) is 0.338. The lowest BCUT2D eigenvalue weighted by molar-refractivity contribution is -0.131. The van der Waals surface area contributed by atoms with Crippen molar-refractivity contribution in [3.63, 3.8) is 0 Å². The van der Waals surface area contributed by atoms with E-state index in [1.54, 1.807) is 41.2 Å². The molecule has 8 nitrogen and oxygen atoms in total. The maximum absolute atomic E-state index is 13.6. The SMILES string of the molecule is COc1ccc(NC(=O)C[C@H]2C(=O)N(Cc3ccccc3)C(=S)N2Cc2ccc(N3CCCC3=O)cc2)cc1. The van der Waals surface area contributed by atoms with E-state index in [2.05, 4.69) is 5.32 Å². The van der Waals surface area contributed by atoms with Crippen LogP contribution in [0.2, 0.25) is 0 Å². The normalized spacial score (nSPS) is 17.2. The number of carbonyl (C=O) groups excluding carboxylic acids is 3. The van der Waals surface area contributed by atoms with Crippen molar-refractivity contribution in [2.75, 3.05) is 23.9 Å². The summed E-state index contributed by atoms with van der Waals surface area (Å²) in [6.07, 6.45) is 1.39. The number of nitrogens with zero attached hydrogens (tertiary/aromatic N) is 3. The summed E-state index contributed by atoms with van der Waals surface area (Å²) < 4.78 is 5.18. The molecular formula is C30H30N4O4S. The van der Waals surface area contributed by atoms with E-state index in [9.17, 15) is 14.4 Å². The van der Waals surface area contributed by atoms with Gasteiger partial charge in [0.25, 0.3) is 5.91 Å². The zero-order valence-corrected chi connectivity index (χ0v) is 22.5. The van der Waals surface area contributed by atoms with Gasteiger partial charge in [-0.2, -0.15) is 0 Å². The van der Waals surface area contributed by atoms with E-state index in [-0.39, 0.29) is 24.1 Å². The number of rotatable bonds is 9. The lowest BCUT2D eigenvalue weighted by Gasteiger charge is -2.24. The molecule has 200 valence electrons. The van der Waals surface area contributed by atoms with Gasteiger partial charge in [0.2, 0.25) is 11.8 Å². The first-order chi connectivity index (χ1) is 18.9. The van der Waals surface area contributed by atoms with Crippen LogP contribution in [0.1, 0.15) is 30.4 Å². The summed E-state index contributed by atoms with van der Waals surface area (Å²) in [4.78, 5) is 44.0. The third kappa shape index (κ3) is 5.93. The van der Waals surface area contributed by atoms with Crippen molar-refractivity contribution >= 4 is 46.4 Å². The van der Waals surface area contributed by atoms with Crippen molar-refractivity contribution in [2.24, 2.45) is 0 Å². The number of carbonyl (C=O) groups is 3. The molecule has 0 saturated carbocycles. The molecule has 0 unspecified atom stereocenters. The molecule has 1 atom stereocenters. The maximum Gasteiger partial charge on any atom is 0.252 e. The summed E-state index contributed by atoms with van der Waals surface area (Å²) in [7, 11) is 1.58. The van der Waals surface area contributed by atoms with Gasteiger partial charge in [-0.15, -0.1) is 0 Å². The Morgan fingerprint density at radius 2 is 1.64 bits per heavy atom.